The highest BCUT2D eigenvalue weighted by atomic mass is 31.1. The molecular formula is C13H18N2P2. The number of para-hydroxylation sites is 2. The second kappa shape index (κ2) is 4.96. The van der Waals surface area contributed by atoms with Crippen molar-refractivity contribution in [2.45, 2.75) is 25.9 Å². The molecule has 2 atom stereocenters. The summed E-state index contributed by atoms with van der Waals surface area (Å²) in [6.07, 6.45) is 0. The fourth-order valence-corrected chi connectivity index (χ4v) is 3.77. The van der Waals surface area contributed by atoms with Gasteiger partial charge in [-0.15, -0.1) is 0 Å². The van der Waals surface area contributed by atoms with Gasteiger partial charge in [-0.2, -0.15) is 0 Å². The maximum atomic E-state index is 4.79. The van der Waals surface area contributed by atoms with Gasteiger partial charge in [0.25, 0.3) is 0 Å². The molecule has 0 radical (unpaired) electrons. The van der Waals surface area contributed by atoms with E-state index in [1.807, 2.05) is 24.3 Å². The van der Waals surface area contributed by atoms with Crippen LogP contribution < -0.4 is 10.9 Å². The summed E-state index contributed by atoms with van der Waals surface area (Å²) in [7, 11) is 1.43. The Hall–Kier alpha value is -0.580. The number of aromatic nitrogens is 2. The van der Waals surface area contributed by atoms with Crippen LogP contribution in [0.25, 0.3) is 11.0 Å². The first kappa shape index (κ1) is 12.9. The van der Waals surface area contributed by atoms with Crippen molar-refractivity contribution in [3.63, 3.8) is 0 Å². The van der Waals surface area contributed by atoms with Crippen LogP contribution in [0.2, 0.25) is 0 Å². The van der Waals surface area contributed by atoms with Gasteiger partial charge in [-0.1, -0.05) is 50.1 Å². The van der Waals surface area contributed by atoms with Gasteiger partial charge in [0.15, 0.2) is 0 Å². The lowest BCUT2D eigenvalue weighted by Crippen LogP contribution is -2.27. The van der Waals surface area contributed by atoms with E-state index in [2.05, 4.69) is 27.4 Å². The van der Waals surface area contributed by atoms with Gasteiger partial charge < -0.3 is 0 Å². The summed E-state index contributed by atoms with van der Waals surface area (Å²) >= 11 is 0. The molecule has 17 heavy (non-hydrogen) atoms. The summed E-state index contributed by atoms with van der Waals surface area (Å²) in [5, 5.41) is 0.283. The molecule has 0 bridgehead atoms. The van der Waals surface area contributed by atoms with E-state index in [4.69, 9.17) is 9.97 Å². The molecule has 90 valence electrons. The predicted octanol–water partition coefficient (Wildman–Crippen LogP) is 2.67. The summed E-state index contributed by atoms with van der Waals surface area (Å²) in [6.45, 7) is 8.94. The highest BCUT2D eigenvalue weighted by Gasteiger charge is 2.16. The molecule has 2 rings (SSSR count). The predicted molar refractivity (Wildman–Crippen MR) is 81.1 cm³/mol. The van der Waals surface area contributed by atoms with E-state index in [1.54, 1.807) is 0 Å². The zero-order valence-corrected chi connectivity index (χ0v) is 12.7. The van der Waals surface area contributed by atoms with Crippen LogP contribution in [0.15, 0.2) is 24.3 Å². The molecule has 0 fully saturated rings. The molecule has 0 saturated heterocycles. The summed E-state index contributed by atoms with van der Waals surface area (Å²) in [5.41, 5.74) is 4.40. The molecule has 2 unspecified atom stereocenters. The van der Waals surface area contributed by atoms with Crippen molar-refractivity contribution in [1.29, 1.82) is 0 Å². The quantitative estimate of drug-likeness (QED) is 0.779. The second-order valence-corrected chi connectivity index (χ2v) is 8.23. The fraction of sp³-hybridized carbons (Fsp3) is 0.385. The normalized spacial score (nSPS) is 13.4. The van der Waals surface area contributed by atoms with Gasteiger partial charge in [0.2, 0.25) is 0 Å². The summed E-state index contributed by atoms with van der Waals surface area (Å²) < 4.78 is 0. The lowest BCUT2D eigenvalue weighted by molar-refractivity contribution is 0.798. The van der Waals surface area contributed by atoms with Crippen LogP contribution in [-0.2, 0) is 0 Å². The van der Waals surface area contributed by atoms with Gasteiger partial charge in [0, 0.05) is 0 Å². The minimum Gasteiger partial charge on any atom is -0.244 e. The van der Waals surface area contributed by atoms with E-state index in [0.29, 0.717) is 17.2 Å². The average Bonchev–Trinajstić information content (AvgIpc) is 2.26. The maximum Gasteiger partial charge on any atom is 0.0894 e. The molecule has 0 aliphatic carbocycles. The Morgan fingerprint density at radius 2 is 1.47 bits per heavy atom. The van der Waals surface area contributed by atoms with Gasteiger partial charge in [0.05, 0.1) is 21.9 Å². The molecular weight excluding hydrogens is 246 g/mol. The molecule has 1 heterocycles. The Morgan fingerprint density at radius 3 is 1.94 bits per heavy atom. The summed E-state index contributed by atoms with van der Waals surface area (Å²) in [4.78, 5) is 9.52. The van der Waals surface area contributed by atoms with Crippen LogP contribution in [0.1, 0.15) is 20.8 Å². The first-order valence-corrected chi connectivity index (χ1v) is 8.22. The van der Waals surface area contributed by atoms with Crippen LogP contribution in [0.4, 0.5) is 0 Å². The zero-order chi connectivity index (χ0) is 12.5. The summed E-state index contributed by atoms with van der Waals surface area (Å²) in [5.74, 6) is 0. The Balaban J connectivity index is 2.53. The number of benzene rings is 1. The Labute approximate surface area is 106 Å². The number of hydrogen-bond donors (Lipinski definition) is 0. The molecule has 0 aliphatic rings. The van der Waals surface area contributed by atoms with Crippen molar-refractivity contribution in [2.75, 3.05) is 6.66 Å². The van der Waals surface area contributed by atoms with Crippen LogP contribution in [0.3, 0.4) is 0 Å². The minimum absolute atomic E-state index is 0.283. The highest BCUT2D eigenvalue weighted by molar-refractivity contribution is 7.54. The smallest absolute Gasteiger partial charge is 0.0894 e. The van der Waals surface area contributed by atoms with E-state index in [1.165, 1.54) is 10.9 Å². The third-order valence-corrected chi connectivity index (χ3v) is 4.71. The van der Waals surface area contributed by atoms with Crippen molar-refractivity contribution >= 4 is 39.1 Å². The molecule has 2 aromatic rings. The number of fused-ring (bicyclic) bond motifs is 1. The Morgan fingerprint density at radius 1 is 0.941 bits per heavy atom. The van der Waals surface area contributed by atoms with Gasteiger partial charge in [-0.25, -0.2) is 9.97 Å². The van der Waals surface area contributed by atoms with Crippen molar-refractivity contribution in [3.8, 4) is 0 Å². The SMILES string of the molecule is CPc1nc2ccccc2nc1PC(C)(C)C. The largest absolute Gasteiger partial charge is 0.244 e. The molecule has 1 aromatic heterocycles. The first-order chi connectivity index (χ1) is 7.99. The van der Waals surface area contributed by atoms with Crippen molar-refractivity contribution in [1.82, 2.24) is 9.97 Å². The van der Waals surface area contributed by atoms with Crippen LogP contribution in [0.5, 0.6) is 0 Å². The molecule has 0 aliphatic heterocycles. The molecule has 0 N–H and O–H groups in total. The average molecular weight is 264 g/mol. The lowest BCUT2D eigenvalue weighted by atomic mass is 10.3. The topological polar surface area (TPSA) is 25.8 Å². The molecule has 4 heteroatoms. The monoisotopic (exact) mass is 264 g/mol. The van der Waals surface area contributed by atoms with E-state index in [9.17, 15) is 0 Å². The molecule has 1 aromatic carbocycles. The molecule has 0 saturated carbocycles. The van der Waals surface area contributed by atoms with E-state index in [0.717, 1.165) is 11.0 Å². The van der Waals surface area contributed by atoms with Gasteiger partial charge in [0.1, 0.15) is 0 Å². The zero-order valence-electron chi connectivity index (χ0n) is 10.7. The van der Waals surface area contributed by atoms with Crippen molar-refractivity contribution in [3.05, 3.63) is 24.3 Å². The molecule has 0 amide bonds. The van der Waals surface area contributed by atoms with Gasteiger partial charge in [-0.3, -0.25) is 0 Å². The third-order valence-electron chi connectivity index (χ3n) is 2.30. The number of rotatable bonds is 2. The fourth-order valence-electron chi connectivity index (χ4n) is 1.62. The highest BCUT2D eigenvalue weighted by Crippen LogP contribution is 2.29. The third kappa shape index (κ3) is 3.21. The molecule has 2 nitrogen and oxygen atoms in total. The van der Waals surface area contributed by atoms with Crippen LogP contribution in [0, 0.1) is 0 Å². The summed E-state index contributed by atoms with van der Waals surface area (Å²) in [6, 6.07) is 8.12. The Kier molecular flexibility index (Phi) is 3.76. The lowest BCUT2D eigenvalue weighted by Gasteiger charge is -2.19. The van der Waals surface area contributed by atoms with Gasteiger partial charge in [-0.05, 0) is 24.0 Å². The van der Waals surface area contributed by atoms with E-state index >= 15 is 0 Å². The van der Waals surface area contributed by atoms with Crippen LogP contribution >= 0.6 is 17.2 Å². The number of nitrogens with zero attached hydrogens (tertiary/aromatic N) is 2. The van der Waals surface area contributed by atoms with Crippen LogP contribution in [-0.4, -0.2) is 21.8 Å². The van der Waals surface area contributed by atoms with Crippen molar-refractivity contribution in [2.24, 2.45) is 0 Å². The maximum absolute atomic E-state index is 4.79. The first-order valence-electron chi connectivity index (χ1n) is 5.72. The molecule has 0 spiro atoms. The second-order valence-electron chi connectivity index (χ2n) is 5.03. The van der Waals surface area contributed by atoms with Crippen molar-refractivity contribution < 1.29 is 0 Å². The minimum atomic E-state index is 0.283. The van der Waals surface area contributed by atoms with E-state index < -0.39 is 0 Å². The standard InChI is InChI=1S/C13H18N2P2/c1-13(2,3)17-12-11(16-4)14-9-7-5-6-8-10(9)15-12/h5-8,16-17H,1-4H3. The van der Waals surface area contributed by atoms with E-state index in [-0.39, 0.29) is 5.16 Å². The number of hydrogen-bond acceptors (Lipinski definition) is 2. The van der Waals surface area contributed by atoms with Gasteiger partial charge >= 0.3 is 0 Å². The Bertz CT molecular complexity index is 532.